The zero-order chi connectivity index (χ0) is 17.7. The van der Waals surface area contributed by atoms with Gasteiger partial charge in [0.2, 0.25) is 0 Å². The first-order valence-corrected chi connectivity index (χ1v) is 8.00. The van der Waals surface area contributed by atoms with Gasteiger partial charge in [-0.3, -0.25) is 14.6 Å². The molecule has 0 atom stereocenters. The third-order valence-electron chi connectivity index (χ3n) is 3.65. The number of amides is 2. The first kappa shape index (κ1) is 17.7. The molecule has 5 nitrogen and oxygen atoms in total. The van der Waals surface area contributed by atoms with Gasteiger partial charge in [0, 0.05) is 24.0 Å². The summed E-state index contributed by atoms with van der Waals surface area (Å²) >= 11 is 0. The summed E-state index contributed by atoms with van der Waals surface area (Å²) in [5.41, 5.74) is 3.38. The normalized spacial score (nSPS) is 10.5. The number of aromatic nitrogens is 1. The highest BCUT2D eigenvalue weighted by Gasteiger charge is 2.14. The molecule has 0 saturated carbocycles. The van der Waals surface area contributed by atoms with Crippen LogP contribution < -0.4 is 10.6 Å². The minimum Gasteiger partial charge on any atom is -0.352 e. The number of carbonyl (C=O) groups excluding carboxylic acids is 2. The Morgan fingerprint density at radius 1 is 1.08 bits per heavy atom. The van der Waals surface area contributed by atoms with Gasteiger partial charge in [-0.2, -0.15) is 0 Å². The number of aryl methyl sites for hydroxylation is 2. The van der Waals surface area contributed by atoms with Crippen molar-refractivity contribution in [3.63, 3.8) is 0 Å². The van der Waals surface area contributed by atoms with Crippen LogP contribution in [-0.2, 0) is 0 Å². The molecular formula is C19H23N3O2. The summed E-state index contributed by atoms with van der Waals surface area (Å²) in [5.74, 6) is -0.166. The zero-order valence-electron chi connectivity index (χ0n) is 14.5. The molecule has 5 heteroatoms. The number of hydrogen-bond donors (Lipinski definition) is 2. The summed E-state index contributed by atoms with van der Waals surface area (Å²) in [4.78, 5) is 28.7. The first-order valence-electron chi connectivity index (χ1n) is 8.00. The van der Waals surface area contributed by atoms with Crippen LogP contribution >= 0.6 is 0 Å². The standard InChI is InChI=1S/C19H23N3O2/c1-12(2)11-21-18(23)15-8-9-20-16(10-15)19(24)22-17-13(3)6-5-7-14(17)4/h5-10,12H,11H2,1-4H3,(H,21,23)(H,22,24). The molecule has 2 aromatic rings. The van der Waals surface area contributed by atoms with Gasteiger partial charge < -0.3 is 10.6 Å². The van der Waals surface area contributed by atoms with Crippen LogP contribution in [-0.4, -0.2) is 23.3 Å². The first-order chi connectivity index (χ1) is 11.4. The van der Waals surface area contributed by atoms with Gasteiger partial charge in [-0.25, -0.2) is 0 Å². The van der Waals surface area contributed by atoms with Gasteiger partial charge in [0.1, 0.15) is 5.69 Å². The Morgan fingerprint density at radius 2 is 1.75 bits per heavy atom. The molecule has 0 aliphatic carbocycles. The summed E-state index contributed by atoms with van der Waals surface area (Å²) in [6.45, 7) is 8.51. The van der Waals surface area contributed by atoms with E-state index < -0.39 is 0 Å². The molecule has 126 valence electrons. The van der Waals surface area contributed by atoms with Gasteiger partial charge >= 0.3 is 0 Å². The molecule has 1 aromatic carbocycles. The highest BCUT2D eigenvalue weighted by Crippen LogP contribution is 2.20. The summed E-state index contributed by atoms with van der Waals surface area (Å²) in [6.07, 6.45) is 1.48. The third kappa shape index (κ3) is 4.41. The van der Waals surface area contributed by atoms with E-state index in [1.54, 1.807) is 6.07 Å². The summed E-state index contributed by atoms with van der Waals surface area (Å²) < 4.78 is 0. The van der Waals surface area contributed by atoms with Crippen molar-refractivity contribution in [2.45, 2.75) is 27.7 Å². The smallest absolute Gasteiger partial charge is 0.274 e. The van der Waals surface area contributed by atoms with Crippen molar-refractivity contribution in [2.24, 2.45) is 5.92 Å². The maximum Gasteiger partial charge on any atom is 0.274 e. The lowest BCUT2D eigenvalue weighted by molar-refractivity contribution is 0.0949. The molecule has 0 spiro atoms. The number of nitrogens with one attached hydrogen (secondary N) is 2. The maximum absolute atomic E-state index is 12.5. The van der Waals surface area contributed by atoms with Crippen molar-refractivity contribution in [1.29, 1.82) is 0 Å². The van der Waals surface area contributed by atoms with E-state index in [1.165, 1.54) is 12.3 Å². The fourth-order valence-electron chi connectivity index (χ4n) is 2.28. The largest absolute Gasteiger partial charge is 0.352 e. The number of pyridine rings is 1. The van der Waals surface area contributed by atoms with Gasteiger partial charge in [0.25, 0.3) is 11.8 Å². The van der Waals surface area contributed by atoms with Crippen molar-refractivity contribution >= 4 is 17.5 Å². The second-order valence-corrected chi connectivity index (χ2v) is 6.25. The summed E-state index contributed by atoms with van der Waals surface area (Å²) in [7, 11) is 0. The topological polar surface area (TPSA) is 71.1 Å². The fourth-order valence-corrected chi connectivity index (χ4v) is 2.28. The third-order valence-corrected chi connectivity index (χ3v) is 3.65. The van der Waals surface area contributed by atoms with Gasteiger partial charge in [-0.15, -0.1) is 0 Å². The lowest BCUT2D eigenvalue weighted by Crippen LogP contribution is -2.27. The van der Waals surface area contributed by atoms with E-state index in [4.69, 9.17) is 0 Å². The van der Waals surface area contributed by atoms with Crippen LogP contribution in [0.25, 0.3) is 0 Å². The molecule has 0 radical (unpaired) electrons. The molecule has 0 saturated heterocycles. The summed E-state index contributed by atoms with van der Waals surface area (Å²) in [6, 6.07) is 8.93. The second-order valence-electron chi connectivity index (χ2n) is 6.25. The number of anilines is 1. The number of para-hydroxylation sites is 1. The number of rotatable bonds is 5. The van der Waals surface area contributed by atoms with E-state index in [-0.39, 0.29) is 17.5 Å². The van der Waals surface area contributed by atoms with Gasteiger partial charge in [0.15, 0.2) is 0 Å². The van der Waals surface area contributed by atoms with Crippen LogP contribution in [0.1, 0.15) is 45.8 Å². The highest BCUT2D eigenvalue weighted by atomic mass is 16.2. The predicted molar refractivity (Wildman–Crippen MR) is 95.3 cm³/mol. The lowest BCUT2D eigenvalue weighted by Gasteiger charge is -2.12. The second kappa shape index (κ2) is 7.73. The van der Waals surface area contributed by atoms with Crippen LogP contribution in [0.15, 0.2) is 36.5 Å². The van der Waals surface area contributed by atoms with Crippen molar-refractivity contribution in [1.82, 2.24) is 10.3 Å². The average molecular weight is 325 g/mol. The van der Waals surface area contributed by atoms with Crippen LogP contribution in [0, 0.1) is 19.8 Å². The average Bonchev–Trinajstić information content (AvgIpc) is 2.56. The Balaban J connectivity index is 2.16. The van der Waals surface area contributed by atoms with Crippen molar-refractivity contribution in [3.05, 3.63) is 58.9 Å². The molecule has 1 aromatic heterocycles. The minimum atomic E-state index is -0.328. The van der Waals surface area contributed by atoms with Crippen LogP contribution in [0.3, 0.4) is 0 Å². The minimum absolute atomic E-state index is 0.202. The van der Waals surface area contributed by atoms with E-state index in [1.807, 2.05) is 45.9 Å². The van der Waals surface area contributed by atoms with Gasteiger partial charge in [-0.05, 0) is 43.0 Å². The fraction of sp³-hybridized carbons (Fsp3) is 0.316. The van der Waals surface area contributed by atoms with E-state index in [9.17, 15) is 9.59 Å². The van der Waals surface area contributed by atoms with Gasteiger partial charge in [-0.1, -0.05) is 32.0 Å². The van der Waals surface area contributed by atoms with Crippen LogP contribution in [0.2, 0.25) is 0 Å². The number of carbonyl (C=O) groups is 2. The number of hydrogen-bond acceptors (Lipinski definition) is 3. The molecule has 1 heterocycles. The lowest BCUT2D eigenvalue weighted by atomic mass is 10.1. The molecule has 0 aliphatic heterocycles. The molecule has 2 N–H and O–H groups in total. The summed E-state index contributed by atoms with van der Waals surface area (Å²) in [5, 5.41) is 5.71. The molecule has 2 rings (SSSR count). The predicted octanol–water partition coefficient (Wildman–Crippen LogP) is 3.34. The van der Waals surface area contributed by atoms with Crippen molar-refractivity contribution in [2.75, 3.05) is 11.9 Å². The molecule has 24 heavy (non-hydrogen) atoms. The Bertz CT molecular complexity index is 734. The SMILES string of the molecule is Cc1cccc(C)c1NC(=O)c1cc(C(=O)NCC(C)C)ccn1. The number of benzene rings is 1. The maximum atomic E-state index is 12.5. The van der Waals surface area contributed by atoms with Gasteiger partial charge in [0.05, 0.1) is 0 Å². The van der Waals surface area contributed by atoms with E-state index in [0.29, 0.717) is 18.0 Å². The molecule has 0 aliphatic rings. The quantitative estimate of drug-likeness (QED) is 0.885. The molecule has 0 bridgehead atoms. The van der Waals surface area contributed by atoms with E-state index in [0.717, 1.165) is 16.8 Å². The zero-order valence-corrected chi connectivity index (χ0v) is 14.5. The van der Waals surface area contributed by atoms with Crippen molar-refractivity contribution in [3.8, 4) is 0 Å². The highest BCUT2D eigenvalue weighted by molar-refractivity contribution is 6.05. The van der Waals surface area contributed by atoms with E-state index in [2.05, 4.69) is 15.6 Å². The Labute approximate surface area is 142 Å². The molecule has 0 unspecified atom stereocenters. The van der Waals surface area contributed by atoms with Crippen LogP contribution in [0.4, 0.5) is 5.69 Å². The van der Waals surface area contributed by atoms with Crippen LogP contribution in [0.5, 0.6) is 0 Å². The molecule has 2 amide bonds. The van der Waals surface area contributed by atoms with Crippen molar-refractivity contribution < 1.29 is 9.59 Å². The molecule has 0 fully saturated rings. The Hall–Kier alpha value is -2.69. The monoisotopic (exact) mass is 325 g/mol. The Kier molecular flexibility index (Phi) is 5.68. The molecular weight excluding hydrogens is 302 g/mol. The Morgan fingerprint density at radius 3 is 2.38 bits per heavy atom. The van der Waals surface area contributed by atoms with E-state index >= 15 is 0 Å². The number of nitrogens with zero attached hydrogens (tertiary/aromatic N) is 1.